The van der Waals surface area contributed by atoms with E-state index in [1.54, 1.807) is 43.5 Å². The topological polar surface area (TPSA) is 143 Å². The number of nitrogens with zero attached hydrogens (tertiary/aromatic N) is 3. The predicted molar refractivity (Wildman–Crippen MR) is 139 cm³/mol. The minimum absolute atomic E-state index is 0.181. The highest BCUT2D eigenvalue weighted by Crippen LogP contribution is 2.21. The summed E-state index contributed by atoms with van der Waals surface area (Å²) < 4.78 is 0. The fraction of sp³-hybridized carbons (Fsp3) is 0.0741. The van der Waals surface area contributed by atoms with Gasteiger partial charge in [-0.2, -0.15) is 5.10 Å². The van der Waals surface area contributed by atoms with Crippen LogP contribution in [0.4, 0.5) is 11.5 Å². The summed E-state index contributed by atoms with van der Waals surface area (Å²) in [6, 6.07) is 23.0. The second-order valence-corrected chi connectivity index (χ2v) is 7.93. The summed E-state index contributed by atoms with van der Waals surface area (Å²) >= 11 is 0. The summed E-state index contributed by atoms with van der Waals surface area (Å²) in [6.45, 7) is 2.16. The molecule has 0 radical (unpaired) electrons. The third kappa shape index (κ3) is 5.89. The van der Waals surface area contributed by atoms with Crippen LogP contribution in [0.25, 0.3) is 11.3 Å². The fourth-order valence-corrected chi connectivity index (χ4v) is 3.39. The summed E-state index contributed by atoms with van der Waals surface area (Å²) in [5.74, 6) is -0.987. The molecule has 180 valence electrons. The van der Waals surface area contributed by atoms with Crippen molar-refractivity contribution >= 4 is 29.1 Å². The van der Waals surface area contributed by atoms with Crippen LogP contribution in [0.5, 0.6) is 0 Å². The van der Waals surface area contributed by atoms with E-state index in [-0.39, 0.29) is 17.3 Å². The lowest BCUT2D eigenvalue weighted by Gasteiger charge is -2.10. The van der Waals surface area contributed by atoms with Gasteiger partial charge in [-0.05, 0) is 48.9 Å². The maximum atomic E-state index is 12.7. The van der Waals surface area contributed by atoms with Gasteiger partial charge in [-0.3, -0.25) is 10.2 Å². The predicted octanol–water partition coefficient (Wildman–Crippen LogP) is 4.19. The van der Waals surface area contributed by atoms with Gasteiger partial charge >= 0.3 is 5.97 Å². The normalized spacial score (nSPS) is 11.1. The Labute approximate surface area is 207 Å². The lowest BCUT2D eigenvalue weighted by molar-refractivity contribution is 0.0696. The van der Waals surface area contributed by atoms with E-state index in [0.717, 1.165) is 5.56 Å². The molecule has 9 heteroatoms. The van der Waals surface area contributed by atoms with Crippen molar-refractivity contribution < 1.29 is 14.7 Å². The molecule has 1 amide bonds. The Bertz CT molecular complexity index is 1420. The zero-order valence-corrected chi connectivity index (χ0v) is 19.5. The van der Waals surface area contributed by atoms with Gasteiger partial charge in [-0.25, -0.2) is 14.8 Å². The molecule has 0 saturated heterocycles. The molecule has 3 aromatic carbocycles. The van der Waals surface area contributed by atoms with Crippen LogP contribution < -0.4 is 16.5 Å². The van der Waals surface area contributed by atoms with E-state index in [0.29, 0.717) is 40.5 Å². The molecule has 4 aromatic rings. The average Bonchev–Trinajstić information content (AvgIpc) is 2.91. The number of carbonyl (C=O) groups is 2. The third-order valence-corrected chi connectivity index (χ3v) is 5.34. The maximum Gasteiger partial charge on any atom is 0.335 e. The Morgan fingerprint density at radius 3 is 2.44 bits per heavy atom. The number of nitrogens with one attached hydrogen (secondary N) is 2. The van der Waals surface area contributed by atoms with Gasteiger partial charge in [0.05, 0.1) is 28.9 Å². The van der Waals surface area contributed by atoms with Crippen LogP contribution in [-0.4, -0.2) is 32.7 Å². The molecular formula is C27H24N6O3. The smallest absolute Gasteiger partial charge is 0.335 e. The molecule has 1 heterocycles. The Balaban J connectivity index is 1.50. The SMILES string of the molecule is C/C(=N\Nc1ccc(C(=O)O)cc1)c1nc(-c2cccc(C(=O)NCc3ccccc3)c2)cnc1N. The largest absolute Gasteiger partial charge is 0.478 e. The van der Waals surface area contributed by atoms with Crippen LogP contribution in [0.2, 0.25) is 0 Å². The summed E-state index contributed by atoms with van der Waals surface area (Å²) in [5, 5.41) is 16.2. The molecule has 4 rings (SSSR count). The fourth-order valence-electron chi connectivity index (χ4n) is 3.39. The number of amides is 1. The van der Waals surface area contributed by atoms with Crippen molar-refractivity contribution in [3.05, 3.63) is 107 Å². The Morgan fingerprint density at radius 1 is 0.972 bits per heavy atom. The van der Waals surface area contributed by atoms with E-state index in [4.69, 9.17) is 10.8 Å². The highest BCUT2D eigenvalue weighted by molar-refractivity contribution is 6.01. The van der Waals surface area contributed by atoms with Crippen LogP contribution in [-0.2, 0) is 6.54 Å². The first-order valence-electron chi connectivity index (χ1n) is 11.1. The van der Waals surface area contributed by atoms with Gasteiger partial charge in [0.1, 0.15) is 5.69 Å². The summed E-state index contributed by atoms with van der Waals surface area (Å²) in [7, 11) is 0. The molecule has 0 unspecified atom stereocenters. The number of nitrogen functional groups attached to an aromatic ring is 1. The van der Waals surface area contributed by atoms with Gasteiger partial charge in [0.25, 0.3) is 5.91 Å². The van der Waals surface area contributed by atoms with Gasteiger partial charge in [0.15, 0.2) is 5.82 Å². The summed E-state index contributed by atoms with van der Waals surface area (Å²) in [6.07, 6.45) is 1.55. The zero-order chi connectivity index (χ0) is 25.5. The molecule has 0 aliphatic rings. The number of carbonyl (C=O) groups excluding carboxylic acids is 1. The van der Waals surface area contributed by atoms with Crippen LogP contribution in [0.1, 0.15) is 38.9 Å². The standard InChI is InChI=1S/C27H24N6O3/c1-17(32-33-22-12-10-19(11-13-22)27(35)36)24-25(28)29-16-23(31-24)20-8-5-9-21(14-20)26(34)30-15-18-6-3-2-4-7-18/h2-14,16,33H,15H2,1H3,(H2,28,29)(H,30,34)(H,35,36)/b32-17+. The number of benzene rings is 3. The van der Waals surface area contributed by atoms with Crippen molar-refractivity contribution in [2.45, 2.75) is 13.5 Å². The molecule has 0 spiro atoms. The Kier molecular flexibility index (Phi) is 7.30. The van der Waals surface area contributed by atoms with Crippen LogP contribution in [0.3, 0.4) is 0 Å². The van der Waals surface area contributed by atoms with E-state index in [1.165, 1.54) is 12.1 Å². The molecular weight excluding hydrogens is 456 g/mol. The van der Waals surface area contributed by atoms with Crippen LogP contribution >= 0.6 is 0 Å². The lowest BCUT2D eigenvalue weighted by Crippen LogP contribution is -2.22. The van der Waals surface area contributed by atoms with Crippen LogP contribution in [0.15, 0.2) is 90.2 Å². The van der Waals surface area contributed by atoms with Gasteiger partial charge in [-0.15, -0.1) is 0 Å². The van der Waals surface area contributed by atoms with E-state index in [9.17, 15) is 9.59 Å². The number of hydrazone groups is 1. The molecule has 5 N–H and O–H groups in total. The lowest BCUT2D eigenvalue weighted by atomic mass is 10.1. The quantitative estimate of drug-likeness (QED) is 0.219. The average molecular weight is 481 g/mol. The molecule has 0 aliphatic carbocycles. The maximum absolute atomic E-state index is 12.7. The molecule has 9 nitrogen and oxygen atoms in total. The number of rotatable bonds is 8. The minimum atomic E-state index is -1.00. The number of anilines is 2. The number of carboxylic acid groups (broad SMARTS) is 1. The van der Waals surface area contributed by atoms with Gasteiger partial charge in [0, 0.05) is 17.7 Å². The van der Waals surface area contributed by atoms with Crippen molar-refractivity contribution in [1.82, 2.24) is 15.3 Å². The first kappa shape index (κ1) is 24.1. The first-order chi connectivity index (χ1) is 17.4. The highest BCUT2D eigenvalue weighted by atomic mass is 16.4. The molecule has 0 bridgehead atoms. The van der Waals surface area contributed by atoms with E-state index >= 15 is 0 Å². The number of hydrogen-bond acceptors (Lipinski definition) is 7. The van der Waals surface area contributed by atoms with Crippen molar-refractivity contribution in [3.63, 3.8) is 0 Å². The number of hydrogen-bond donors (Lipinski definition) is 4. The van der Waals surface area contributed by atoms with Crippen molar-refractivity contribution in [2.75, 3.05) is 11.2 Å². The second-order valence-electron chi connectivity index (χ2n) is 7.93. The molecule has 0 atom stereocenters. The number of aromatic nitrogens is 2. The van der Waals surface area contributed by atoms with Gasteiger partial charge in [0.2, 0.25) is 0 Å². The van der Waals surface area contributed by atoms with Crippen LogP contribution in [0, 0.1) is 0 Å². The van der Waals surface area contributed by atoms with Crippen molar-refractivity contribution in [3.8, 4) is 11.3 Å². The zero-order valence-electron chi connectivity index (χ0n) is 19.5. The second kappa shape index (κ2) is 10.9. The van der Waals surface area contributed by atoms with Crippen molar-refractivity contribution in [2.24, 2.45) is 5.10 Å². The van der Waals surface area contributed by atoms with Crippen molar-refractivity contribution in [1.29, 1.82) is 0 Å². The summed E-state index contributed by atoms with van der Waals surface area (Å²) in [5.41, 5.74) is 13.3. The Hall–Kier alpha value is -5.05. The van der Waals surface area contributed by atoms with E-state index < -0.39 is 5.97 Å². The highest BCUT2D eigenvalue weighted by Gasteiger charge is 2.12. The molecule has 36 heavy (non-hydrogen) atoms. The Morgan fingerprint density at radius 2 is 1.72 bits per heavy atom. The van der Waals surface area contributed by atoms with Gasteiger partial charge < -0.3 is 16.2 Å². The summed E-state index contributed by atoms with van der Waals surface area (Å²) in [4.78, 5) is 32.6. The molecule has 0 saturated carbocycles. The van der Waals surface area contributed by atoms with E-state index in [1.807, 2.05) is 36.4 Å². The third-order valence-electron chi connectivity index (χ3n) is 5.34. The molecule has 1 aromatic heterocycles. The number of carboxylic acids is 1. The minimum Gasteiger partial charge on any atom is -0.478 e. The number of aromatic carboxylic acids is 1. The first-order valence-corrected chi connectivity index (χ1v) is 11.1. The van der Waals surface area contributed by atoms with Gasteiger partial charge in [-0.1, -0.05) is 42.5 Å². The molecule has 0 aliphatic heterocycles. The number of nitrogens with two attached hydrogens (primary N) is 1. The monoisotopic (exact) mass is 480 g/mol. The molecule has 0 fully saturated rings. The van der Waals surface area contributed by atoms with E-state index in [2.05, 4.69) is 25.8 Å².